The monoisotopic (exact) mass is 336 g/mol. The van der Waals surface area contributed by atoms with Crippen LogP contribution in [0.5, 0.6) is 5.75 Å². The molecule has 2 aromatic rings. The summed E-state index contributed by atoms with van der Waals surface area (Å²) in [5.74, 6) is 0.818. The minimum atomic E-state index is -0.410. The lowest BCUT2D eigenvalue weighted by Gasteiger charge is -2.28. The summed E-state index contributed by atoms with van der Waals surface area (Å²) in [6.07, 6.45) is 2.71. The van der Waals surface area contributed by atoms with Gasteiger partial charge in [0.2, 0.25) is 0 Å². The number of amides is 1. The Bertz CT molecular complexity index is 701. The number of hydrogen-bond acceptors (Lipinski definition) is 3. The maximum Gasteiger partial charge on any atom is 0.261 e. The number of ether oxygens (including phenoxy) is 1. The molecule has 0 bridgehead atoms. The third-order valence-electron chi connectivity index (χ3n) is 5.17. The van der Waals surface area contributed by atoms with Crippen molar-refractivity contribution >= 4 is 5.91 Å². The van der Waals surface area contributed by atoms with Gasteiger partial charge in [-0.3, -0.25) is 9.69 Å². The van der Waals surface area contributed by atoms with Crippen molar-refractivity contribution in [2.75, 3.05) is 19.6 Å². The van der Waals surface area contributed by atoms with Crippen molar-refractivity contribution < 1.29 is 9.53 Å². The van der Waals surface area contributed by atoms with Crippen molar-refractivity contribution in [1.29, 1.82) is 0 Å². The summed E-state index contributed by atoms with van der Waals surface area (Å²) >= 11 is 0. The minimum Gasteiger partial charge on any atom is -0.480 e. The molecule has 4 nitrogen and oxygen atoms in total. The minimum absolute atomic E-state index is 0.0173. The van der Waals surface area contributed by atoms with Gasteiger partial charge in [-0.15, -0.1) is 0 Å². The standard InChI is InChI=1S/C21H24N2O2/c24-21(20-14-17-10-4-5-11-19(17)25-20)22-15-18(23-12-6-7-13-23)16-8-2-1-3-9-16/h1-5,8-11,18,20H,6-7,12-15H2,(H,22,24). The maximum absolute atomic E-state index is 12.6. The average molecular weight is 336 g/mol. The van der Waals surface area contributed by atoms with E-state index in [0.717, 1.165) is 24.4 Å². The quantitative estimate of drug-likeness (QED) is 0.913. The first-order valence-corrected chi connectivity index (χ1v) is 9.12. The second-order valence-corrected chi connectivity index (χ2v) is 6.83. The molecule has 2 atom stereocenters. The van der Waals surface area contributed by atoms with Crippen molar-refractivity contribution in [3.05, 3.63) is 65.7 Å². The highest BCUT2D eigenvalue weighted by Crippen LogP contribution is 2.28. The summed E-state index contributed by atoms with van der Waals surface area (Å²) in [5, 5.41) is 3.13. The van der Waals surface area contributed by atoms with E-state index in [1.165, 1.54) is 18.4 Å². The number of benzene rings is 2. The number of nitrogens with one attached hydrogen (secondary N) is 1. The van der Waals surface area contributed by atoms with Crippen LogP contribution in [0, 0.1) is 0 Å². The van der Waals surface area contributed by atoms with Gasteiger partial charge in [0, 0.05) is 13.0 Å². The number of para-hydroxylation sites is 1. The molecule has 0 spiro atoms. The predicted octanol–water partition coefficient (Wildman–Crippen LogP) is 2.94. The Morgan fingerprint density at radius 1 is 1.08 bits per heavy atom. The molecule has 1 fully saturated rings. The van der Waals surface area contributed by atoms with E-state index in [2.05, 4.69) is 34.5 Å². The summed E-state index contributed by atoms with van der Waals surface area (Å²) < 4.78 is 5.81. The van der Waals surface area contributed by atoms with Crippen molar-refractivity contribution in [3.8, 4) is 5.75 Å². The van der Waals surface area contributed by atoms with E-state index in [0.29, 0.717) is 13.0 Å². The smallest absolute Gasteiger partial charge is 0.261 e. The highest BCUT2D eigenvalue weighted by Gasteiger charge is 2.30. The van der Waals surface area contributed by atoms with Crippen LogP contribution in [0.15, 0.2) is 54.6 Å². The summed E-state index contributed by atoms with van der Waals surface area (Å²) in [6, 6.07) is 18.6. The van der Waals surface area contributed by atoms with Gasteiger partial charge >= 0.3 is 0 Å². The average Bonchev–Trinajstić information content (AvgIpc) is 3.32. The molecule has 25 heavy (non-hydrogen) atoms. The summed E-state index contributed by atoms with van der Waals surface area (Å²) in [7, 11) is 0. The zero-order valence-electron chi connectivity index (χ0n) is 14.4. The molecule has 0 aromatic heterocycles. The van der Waals surface area contributed by atoms with Crippen molar-refractivity contribution in [2.24, 2.45) is 0 Å². The molecule has 4 heteroatoms. The number of hydrogen-bond donors (Lipinski definition) is 1. The molecule has 0 radical (unpaired) electrons. The van der Waals surface area contributed by atoms with E-state index in [1.54, 1.807) is 0 Å². The Balaban J connectivity index is 1.40. The van der Waals surface area contributed by atoms with Gasteiger partial charge in [-0.05, 0) is 43.1 Å². The molecule has 130 valence electrons. The van der Waals surface area contributed by atoms with Gasteiger partial charge in [0.05, 0.1) is 6.04 Å². The zero-order chi connectivity index (χ0) is 17.1. The van der Waals surface area contributed by atoms with Gasteiger partial charge in [-0.25, -0.2) is 0 Å². The van der Waals surface area contributed by atoms with E-state index in [4.69, 9.17) is 4.74 Å². The number of rotatable bonds is 5. The third kappa shape index (κ3) is 3.54. The number of nitrogens with zero attached hydrogens (tertiary/aromatic N) is 1. The van der Waals surface area contributed by atoms with Crippen LogP contribution in [0.4, 0.5) is 0 Å². The van der Waals surface area contributed by atoms with Crippen molar-refractivity contribution in [3.63, 3.8) is 0 Å². The highest BCUT2D eigenvalue weighted by atomic mass is 16.5. The first kappa shape index (κ1) is 16.2. The Hall–Kier alpha value is -2.33. The largest absolute Gasteiger partial charge is 0.480 e. The Kier molecular flexibility index (Phi) is 4.70. The Morgan fingerprint density at radius 2 is 1.80 bits per heavy atom. The molecule has 0 saturated carbocycles. The van der Waals surface area contributed by atoms with Crippen LogP contribution in [-0.4, -0.2) is 36.5 Å². The molecule has 1 saturated heterocycles. The molecule has 2 aromatic carbocycles. The third-order valence-corrected chi connectivity index (χ3v) is 5.17. The van der Waals surface area contributed by atoms with Crippen molar-refractivity contribution in [1.82, 2.24) is 10.2 Å². The molecular weight excluding hydrogens is 312 g/mol. The molecular formula is C21H24N2O2. The summed E-state index contributed by atoms with van der Waals surface area (Å²) in [6.45, 7) is 2.82. The first-order chi connectivity index (χ1) is 12.3. The lowest BCUT2D eigenvalue weighted by Crippen LogP contribution is -2.42. The topological polar surface area (TPSA) is 41.6 Å². The van der Waals surface area contributed by atoms with E-state index in [-0.39, 0.29) is 11.9 Å². The number of carbonyl (C=O) groups is 1. The molecule has 2 aliphatic rings. The predicted molar refractivity (Wildman–Crippen MR) is 97.6 cm³/mol. The van der Waals surface area contributed by atoms with Gasteiger partial charge in [-0.2, -0.15) is 0 Å². The molecule has 2 heterocycles. The van der Waals surface area contributed by atoms with E-state index >= 15 is 0 Å². The van der Waals surface area contributed by atoms with E-state index in [9.17, 15) is 4.79 Å². The molecule has 1 amide bonds. The van der Waals surface area contributed by atoms with Gasteiger partial charge in [-0.1, -0.05) is 48.5 Å². The van der Waals surface area contributed by atoms with Gasteiger partial charge in [0.1, 0.15) is 5.75 Å². The van der Waals surface area contributed by atoms with Crippen LogP contribution in [-0.2, 0) is 11.2 Å². The van der Waals surface area contributed by atoms with Gasteiger partial charge in [0.25, 0.3) is 5.91 Å². The number of likely N-dealkylation sites (tertiary alicyclic amines) is 1. The van der Waals surface area contributed by atoms with Crippen molar-refractivity contribution in [2.45, 2.75) is 31.4 Å². The van der Waals surface area contributed by atoms with Gasteiger partial charge in [0.15, 0.2) is 6.10 Å². The highest BCUT2D eigenvalue weighted by molar-refractivity contribution is 5.82. The second kappa shape index (κ2) is 7.28. The fourth-order valence-corrected chi connectivity index (χ4v) is 3.83. The van der Waals surface area contributed by atoms with Crippen LogP contribution >= 0.6 is 0 Å². The number of carbonyl (C=O) groups excluding carboxylic acids is 1. The van der Waals surface area contributed by atoms with Gasteiger partial charge < -0.3 is 10.1 Å². The Morgan fingerprint density at radius 3 is 2.56 bits per heavy atom. The lowest BCUT2D eigenvalue weighted by molar-refractivity contribution is -0.127. The molecule has 0 aliphatic carbocycles. The molecule has 1 N–H and O–H groups in total. The zero-order valence-corrected chi connectivity index (χ0v) is 14.4. The molecule has 4 rings (SSSR count). The van der Waals surface area contributed by atoms with Crippen LogP contribution in [0.2, 0.25) is 0 Å². The fourth-order valence-electron chi connectivity index (χ4n) is 3.83. The van der Waals surface area contributed by atoms with E-state index in [1.807, 2.05) is 30.3 Å². The van der Waals surface area contributed by atoms with Crippen LogP contribution < -0.4 is 10.1 Å². The first-order valence-electron chi connectivity index (χ1n) is 9.12. The maximum atomic E-state index is 12.6. The fraction of sp³-hybridized carbons (Fsp3) is 0.381. The van der Waals surface area contributed by atoms with Crippen LogP contribution in [0.3, 0.4) is 0 Å². The summed E-state index contributed by atoms with van der Waals surface area (Å²) in [5.41, 5.74) is 2.38. The lowest BCUT2D eigenvalue weighted by atomic mass is 10.1. The number of fused-ring (bicyclic) bond motifs is 1. The molecule has 2 aliphatic heterocycles. The van der Waals surface area contributed by atoms with E-state index < -0.39 is 6.10 Å². The SMILES string of the molecule is O=C(NCC(c1ccccc1)N1CCCC1)C1Cc2ccccc2O1. The van der Waals surface area contributed by atoms with Crippen LogP contribution in [0.1, 0.15) is 30.0 Å². The molecule has 2 unspecified atom stereocenters. The second-order valence-electron chi connectivity index (χ2n) is 6.83. The van der Waals surface area contributed by atoms with Crippen LogP contribution in [0.25, 0.3) is 0 Å². The summed E-state index contributed by atoms with van der Waals surface area (Å²) in [4.78, 5) is 15.1. The normalized spacial score (nSPS) is 20.7. The Labute approximate surface area is 148 Å².